The Balaban J connectivity index is 0.899. The Bertz CT molecular complexity index is 2380. The highest BCUT2D eigenvalue weighted by Gasteiger charge is 2.32. The molecule has 7 aromatic rings. The summed E-state index contributed by atoms with van der Waals surface area (Å²) in [5.41, 5.74) is 10.1. The predicted molar refractivity (Wildman–Crippen MR) is 205 cm³/mol. The molecule has 52 heavy (non-hydrogen) atoms. The second kappa shape index (κ2) is 13.7. The number of hydrogen-bond donors (Lipinski definition) is 2. The average molecular weight is 685 g/mol. The number of nitrogens with one attached hydrogen (secondary N) is 2. The van der Waals surface area contributed by atoms with Gasteiger partial charge in [0.25, 0.3) is 0 Å². The molecule has 2 fully saturated rings. The number of likely N-dealkylation sites (tertiary alicyclic amines) is 2. The van der Waals surface area contributed by atoms with Crippen LogP contribution in [0, 0.1) is 0 Å². The molecule has 4 heterocycles. The number of H-pyrrole nitrogens is 2. The maximum atomic E-state index is 13.3. The average Bonchev–Trinajstić information content (AvgIpc) is 4.01. The Morgan fingerprint density at radius 1 is 0.615 bits per heavy atom. The standard InChI is InChI=1S/C44H40N6O2/c51-41(32-11-5-2-6-12-32)28-49-23-7-13-39(49)43-45-35-21-19-33(26-37(35)47-43)30-15-17-31(18-16-30)34-20-22-36-38(27-34)48-44(46-36)40-14-8-24-50(40)42(52)25-29-9-3-1-4-10-29/h1-6,9-12,15-22,26-27,39-40H,7-8,13-14,23-25,28H2,(H,45,47)(H,46,48)/t39-,40-/m0/s1. The van der Waals surface area contributed by atoms with Crippen LogP contribution in [0.5, 0.6) is 0 Å². The zero-order valence-electron chi connectivity index (χ0n) is 29.0. The number of carbonyl (C=O) groups excluding carboxylic acids is 2. The zero-order valence-corrected chi connectivity index (χ0v) is 29.0. The van der Waals surface area contributed by atoms with Crippen LogP contribution < -0.4 is 0 Å². The molecule has 2 saturated heterocycles. The number of nitrogens with zero attached hydrogens (tertiary/aromatic N) is 4. The van der Waals surface area contributed by atoms with E-state index in [0.29, 0.717) is 13.0 Å². The molecule has 2 atom stereocenters. The summed E-state index contributed by atoms with van der Waals surface area (Å²) in [5.74, 6) is 2.08. The van der Waals surface area contributed by atoms with Crippen molar-refractivity contribution in [3.63, 3.8) is 0 Å². The molecule has 2 aliphatic rings. The number of fused-ring (bicyclic) bond motifs is 2. The van der Waals surface area contributed by atoms with Gasteiger partial charge in [-0.05, 0) is 84.3 Å². The molecule has 0 aliphatic carbocycles. The summed E-state index contributed by atoms with van der Waals surface area (Å²) in [6.07, 6.45) is 4.33. The molecule has 0 radical (unpaired) electrons. The zero-order chi connectivity index (χ0) is 35.0. The lowest BCUT2D eigenvalue weighted by molar-refractivity contribution is -0.131. The lowest BCUT2D eigenvalue weighted by atomic mass is 10.00. The Morgan fingerprint density at radius 2 is 1.15 bits per heavy atom. The molecule has 0 spiro atoms. The van der Waals surface area contributed by atoms with Crippen LogP contribution in [0.25, 0.3) is 44.3 Å². The van der Waals surface area contributed by atoms with Gasteiger partial charge in [-0.25, -0.2) is 9.97 Å². The van der Waals surface area contributed by atoms with Crippen molar-refractivity contribution in [2.45, 2.75) is 44.2 Å². The van der Waals surface area contributed by atoms with Crippen LogP contribution in [0.4, 0.5) is 0 Å². The lowest BCUT2D eigenvalue weighted by Crippen LogP contribution is -2.32. The van der Waals surface area contributed by atoms with Crippen LogP contribution in [-0.2, 0) is 11.2 Å². The van der Waals surface area contributed by atoms with E-state index in [1.807, 2.05) is 65.6 Å². The first kappa shape index (κ1) is 32.1. The van der Waals surface area contributed by atoms with Gasteiger partial charge in [0.15, 0.2) is 5.78 Å². The number of rotatable bonds is 9. The number of benzene rings is 5. The van der Waals surface area contributed by atoms with Gasteiger partial charge in [0.1, 0.15) is 11.6 Å². The molecule has 8 nitrogen and oxygen atoms in total. The molecule has 2 aromatic heterocycles. The Kier molecular flexibility index (Phi) is 8.45. The van der Waals surface area contributed by atoms with Gasteiger partial charge in [-0.1, -0.05) is 97.1 Å². The van der Waals surface area contributed by atoms with Crippen molar-refractivity contribution in [1.82, 2.24) is 29.7 Å². The van der Waals surface area contributed by atoms with Gasteiger partial charge in [-0.3, -0.25) is 14.5 Å². The van der Waals surface area contributed by atoms with Crippen molar-refractivity contribution >= 4 is 33.8 Å². The number of ketones is 1. The van der Waals surface area contributed by atoms with Gasteiger partial charge in [0.2, 0.25) is 5.91 Å². The predicted octanol–water partition coefficient (Wildman–Crippen LogP) is 8.70. The highest BCUT2D eigenvalue weighted by molar-refractivity contribution is 5.97. The van der Waals surface area contributed by atoms with E-state index in [1.54, 1.807) is 0 Å². The third kappa shape index (κ3) is 6.31. The van der Waals surface area contributed by atoms with E-state index in [1.165, 1.54) is 0 Å². The maximum Gasteiger partial charge on any atom is 0.227 e. The fourth-order valence-corrected chi connectivity index (χ4v) is 8.03. The molecule has 2 N–H and O–H groups in total. The molecular weight excluding hydrogens is 645 g/mol. The van der Waals surface area contributed by atoms with E-state index in [2.05, 4.69) is 75.5 Å². The van der Waals surface area contributed by atoms with Crippen LogP contribution in [0.2, 0.25) is 0 Å². The van der Waals surface area contributed by atoms with E-state index in [4.69, 9.17) is 9.97 Å². The second-order valence-corrected chi connectivity index (χ2v) is 14.1. The van der Waals surface area contributed by atoms with E-state index in [9.17, 15) is 9.59 Å². The number of carbonyl (C=O) groups is 2. The van der Waals surface area contributed by atoms with Crippen molar-refractivity contribution in [1.29, 1.82) is 0 Å². The summed E-state index contributed by atoms with van der Waals surface area (Å²) in [5, 5.41) is 0. The molecule has 0 saturated carbocycles. The normalized spacial score (nSPS) is 17.7. The van der Waals surface area contributed by atoms with E-state index in [0.717, 1.165) is 106 Å². The summed E-state index contributed by atoms with van der Waals surface area (Å²) >= 11 is 0. The fourth-order valence-electron chi connectivity index (χ4n) is 8.03. The number of amides is 1. The first-order chi connectivity index (χ1) is 25.6. The third-order valence-electron chi connectivity index (χ3n) is 10.8. The lowest BCUT2D eigenvalue weighted by Gasteiger charge is -2.23. The van der Waals surface area contributed by atoms with Crippen LogP contribution >= 0.6 is 0 Å². The van der Waals surface area contributed by atoms with Gasteiger partial charge >= 0.3 is 0 Å². The number of Topliss-reactive ketones (excluding diaryl/α,β-unsaturated/α-hetero) is 1. The Labute approximate surface area is 302 Å². The molecule has 5 aromatic carbocycles. The van der Waals surface area contributed by atoms with E-state index >= 15 is 0 Å². The minimum atomic E-state index is -0.0319. The Morgan fingerprint density at radius 3 is 1.79 bits per heavy atom. The summed E-state index contributed by atoms with van der Waals surface area (Å²) < 4.78 is 0. The maximum absolute atomic E-state index is 13.3. The smallest absolute Gasteiger partial charge is 0.227 e. The van der Waals surface area contributed by atoms with E-state index < -0.39 is 0 Å². The molecule has 0 unspecified atom stereocenters. The summed E-state index contributed by atoms with van der Waals surface area (Å²) in [6.45, 7) is 2.05. The van der Waals surface area contributed by atoms with E-state index in [-0.39, 0.29) is 23.8 Å². The number of imidazole rings is 2. The summed E-state index contributed by atoms with van der Waals surface area (Å²) in [6, 6.07) is 40.9. The van der Waals surface area contributed by atoms with Crippen molar-refractivity contribution in [3.8, 4) is 22.3 Å². The van der Waals surface area contributed by atoms with Gasteiger partial charge < -0.3 is 14.9 Å². The molecule has 9 rings (SSSR count). The summed E-state index contributed by atoms with van der Waals surface area (Å²) in [4.78, 5) is 47.5. The Hall–Kier alpha value is -5.86. The van der Waals surface area contributed by atoms with Crippen molar-refractivity contribution < 1.29 is 9.59 Å². The summed E-state index contributed by atoms with van der Waals surface area (Å²) in [7, 11) is 0. The monoisotopic (exact) mass is 684 g/mol. The molecule has 258 valence electrons. The topological polar surface area (TPSA) is 98.0 Å². The quantitative estimate of drug-likeness (QED) is 0.148. The van der Waals surface area contributed by atoms with Gasteiger partial charge in [0.05, 0.1) is 47.1 Å². The molecule has 2 aliphatic heterocycles. The van der Waals surface area contributed by atoms with Gasteiger partial charge in [-0.2, -0.15) is 0 Å². The fraction of sp³-hybridized carbons (Fsp3) is 0.227. The molecule has 0 bridgehead atoms. The highest BCUT2D eigenvalue weighted by atomic mass is 16.2. The van der Waals surface area contributed by atoms with Crippen LogP contribution in [-0.4, -0.2) is 61.1 Å². The molecule has 1 amide bonds. The second-order valence-electron chi connectivity index (χ2n) is 14.1. The molecular formula is C44H40N6O2. The number of hydrogen-bond acceptors (Lipinski definition) is 5. The van der Waals surface area contributed by atoms with Gasteiger partial charge in [0, 0.05) is 12.1 Å². The highest BCUT2D eigenvalue weighted by Crippen LogP contribution is 2.35. The van der Waals surface area contributed by atoms with Gasteiger partial charge in [-0.15, -0.1) is 0 Å². The SMILES string of the molecule is O=C(CN1CCC[C@H]1c1nc2ccc(-c3ccc(-c4ccc5nc([C@@H]6CCCN6C(=O)Cc6ccccc6)[nH]c5c4)cc3)cc2[nH]1)c1ccccc1. The third-order valence-corrected chi connectivity index (χ3v) is 10.8. The largest absolute Gasteiger partial charge is 0.341 e. The van der Waals surface area contributed by atoms with Crippen LogP contribution in [0.15, 0.2) is 121 Å². The number of aromatic nitrogens is 4. The van der Waals surface area contributed by atoms with Crippen LogP contribution in [0.3, 0.4) is 0 Å². The first-order valence-electron chi connectivity index (χ1n) is 18.3. The minimum Gasteiger partial charge on any atom is -0.341 e. The molecule has 8 heteroatoms. The number of aromatic amines is 2. The van der Waals surface area contributed by atoms with Crippen molar-refractivity contribution in [2.24, 2.45) is 0 Å². The van der Waals surface area contributed by atoms with Crippen molar-refractivity contribution in [2.75, 3.05) is 19.6 Å². The van der Waals surface area contributed by atoms with Crippen molar-refractivity contribution in [3.05, 3.63) is 144 Å². The first-order valence-corrected chi connectivity index (χ1v) is 18.3. The van der Waals surface area contributed by atoms with Crippen LogP contribution in [0.1, 0.15) is 65.3 Å². The minimum absolute atomic E-state index is 0.0319.